The number of nitrogens with one attached hydrogen (secondary N) is 3. The fourth-order valence-corrected chi connectivity index (χ4v) is 5.65. The Morgan fingerprint density at radius 3 is 2.58 bits per heavy atom. The van der Waals surface area contributed by atoms with Gasteiger partial charge in [-0.15, -0.1) is 11.3 Å². The van der Waals surface area contributed by atoms with Gasteiger partial charge in [-0.3, -0.25) is 4.79 Å². The summed E-state index contributed by atoms with van der Waals surface area (Å²) in [4.78, 5) is 33.9. The number of carbonyl (C=O) groups excluding carboxylic acids is 1. The van der Waals surface area contributed by atoms with Crippen molar-refractivity contribution in [2.75, 3.05) is 5.32 Å². The first-order valence-electron chi connectivity index (χ1n) is 13.0. The molecule has 2 heterocycles. The van der Waals surface area contributed by atoms with E-state index in [2.05, 4.69) is 32.0 Å². The van der Waals surface area contributed by atoms with Crippen molar-refractivity contribution in [3.05, 3.63) is 106 Å². The summed E-state index contributed by atoms with van der Waals surface area (Å²) in [5.41, 5.74) is 6.18. The first-order chi connectivity index (χ1) is 19.3. The lowest BCUT2D eigenvalue weighted by Crippen LogP contribution is -2.42. The number of hydrogen-bond donors (Lipinski definition) is 4. The van der Waals surface area contributed by atoms with E-state index >= 15 is 0 Å². The van der Waals surface area contributed by atoms with Crippen LogP contribution in [0, 0.1) is 12.7 Å². The van der Waals surface area contributed by atoms with Gasteiger partial charge >= 0.3 is 5.97 Å². The van der Waals surface area contributed by atoms with Crippen LogP contribution in [-0.2, 0) is 24.2 Å². The number of fused-ring (bicyclic) bond motifs is 1. The van der Waals surface area contributed by atoms with Crippen LogP contribution in [0.3, 0.4) is 0 Å². The highest BCUT2D eigenvalue weighted by Crippen LogP contribution is 2.28. The summed E-state index contributed by atoms with van der Waals surface area (Å²) in [5.74, 6) is -1.34. The van der Waals surface area contributed by atoms with Gasteiger partial charge in [0.05, 0.1) is 11.0 Å². The summed E-state index contributed by atoms with van der Waals surface area (Å²) in [6, 6.07) is 19.1. The third-order valence-electron chi connectivity index (χ3n) is 6.77. The highest BCUT2D eigenvalue weighted by atomic mass is 32.1. The molecule has 40 heavy (non-hydrogen) atoms. The second-order valence-corrected chi connectivity index (χ2v) is 10.6. The number of hydrogen-bond acceptors (Lipinski definition) is 5. The summed E-state index contributed by atoms with van der Waals surface area (Å²) < 4.78 is 13.8. The van der Waals surface area contributed by atoms with Gasteiger partial charge in [-0.2, -0.15) is 0 Å². The maximum absolute atomic E-state index is 13.8. The molecule has 9 heteroatoms. The topological polar surface area (TPSA) is 107 Å². The summed E-state index contributed by atoms with van der Waals surface area (Å²) in [7, 11) is 0. The Bertz CT molecular complexity index is 1640. The van der Waals surface area contributed by atoms with Crippen LogP contribution in [0.15, 0.2) is 72.1 Å². The molecule has 3 aromatic carbocycles. The minimum absolute atomic E-state index is 0.125. The maximum atomic E-state index is 13.8. The van der Waals surface area contributed by atoms with E-state index in [1.807, 2.05) is 55.5 Å². The highest BCUT2D eigenvalue weighted by Gasteiger charge is 2.24. The molecule has 0 aliphatic rings. The van der Waals surface area contributed by atoms with Crippen molar-refractivity contribution in [2.24, 2.45) is 0 Å². The Labute approximate surface area is 235 Å². The first kappa shape index (κ1) is 27.1. The number of carbonyl (C=O) groups is 2. The largest absolute Gasteiger partial charge is 0.480 e. The van der Waals surface area contributed by atoms with Gasteiger partial charge < -0.3 is 20.7 Å². The standard InChI is InChI=1S/C31H29FN4O3S/c1-3-21-15-23(32)12-18(2)28(21)29(37)34-26(30(38)39)13-19-8-10-22(11-9-19)27-14-20(17-40-27)16-33-31-35-24-6-4-5-7-25(24)36-31/h4-12,14-15,17,26H,3,13,16H2,1-2H3,(H,34,37)(H,38,39)(H2,33,35,36). The number of carboxylic acid groups (broad SMARTS) is 1. The minimum Gasteiger partial charge on any atom is -0.480 e. The van der Waals surface area contributed by atoms with Gasteiger partial charge in [0, 0.05) is 23.4 Å². The van der Waals surface area contributed by atoms with Crippen molar-refractivity contribution in [3.63, 3.8) is 0 Å². The Morgan fingerprint density at radius 1 is 1.07 bits per heavy atom. The molecule has 1 unspecified atom stereocenters. The molecular formula is C31H29FN4O3S. The number of para-hydroxylation sites is 2. The SMILES string of the molecule is CCc1cc(F)cc(C)c1C(=O)NC(Cc1ccc(-c2cc(CNc3nc4ccccc4[nH]3)cs2)cc1)C(=O)O. The molecule has 1 amide bonds. The van der Waals surface area contributed by atoms with Gasteiger partial charge in [0.25, 0.3) is 5.91 Å². The van der Waals surface area contributed by atoms with Crippen LogP contribution in [0.5, 0.6) is 0 Å². The van der Waals surface area contributed by atoms with E-state index in [0.29, 0.717) is 29.7 Å². The van der Waals surface area contributed by atoms with Crippen LogP contribution in [0.2, 0.25) is 0 Å². The molecule has 5 aromatic rings. The van der Waals surface area contributed by atoms with Crippen molar-refractivity contribution in [1.82, 2.24) is 15.3 Å². The Kier molecular flexibility index (Phi) is 7.93. The van der Waals surface area contributed by atoms with Gasteiger partial charge in [-0.05, 0) is 76.9 Å². The molecule has 0 bridgehead atoms. The molecule has 0 aliphatic heterocycles. The lowest BCUT2D eigenvalue weighted by molar-refractivity contribution is -0.139. The van der Waals surface area contributed by atoms with Gasteiger partial charge in [0.1, 0.15) is 11.9 Å². The average Bonchev–Trinajstić information content (AvgIpc) is 3.58. The normalized spacial score (nSPS) is 11.9. The predicted molar refractivity (Wildman–Crippen MR) is 156 cm³/mol. The molecule has 0 fully saturated rings. The smallest absolute Gasteiger partial charge is 0.326 e. The highest BCUT2D eigenvalue weighted by molar-refractivity contribution is 7.13. The molecule has 5 rings (SSSR count). The number of amides is 1. The first-order valence-corrected chi connectivity index (χ1v) is 13.9. The molecular weight excluding hydrogens is 527 g/mol. The Hall–Kier alpha value is -4.50. The summed E-state index contributed by atoms with van der Waals surface area (Å²) >= 11 is 1.63. The van der Waals surface area contributed by atoms with Crippen LogP contribution >= 0.6 is 11.3 Å². The minimum atomic E-state index is -1.13. The number of aromatic amines is 1. The lowest BCUT2D eigenvalue weighted by atomic mass is 9.98. The number of nitrogens with zero attached hydrogens (tertiary/aromatic N) is 1. The maximum Gasteiger partial charge on any atom is 0.326 e. The third kappa shape index (κ3) is 6.05. The number of aromatic nitrogens is 2. The van der Waals surface area contributed by atoms with E-state index in [9.17, 15) is 19.1 Å². The van der Waals surface area contributed by atoms with Crippen LogP contribution < -0.4 is 10.6 Å². The zero-order chi connectivity index (χ0) is 28.2. The molecule has 2 aromatic heterocycles. The summed E-state index contributed by atoms with van der Waals surface area (Å²) in [6.45, 7) is 4.10. The number of aliphatic carboxylic acids is 1. The fraction of sp³-hybridized carbons (Fsp3) is 0.194. The van der Waals surface area contributed by atoms with E-state index < -0.39 is 23.7 Å². The number of carboxylic acids is 1. The Balaban J connectivity index is 1.22. The van der Waals surface area contributed by atoms with Gasteiger partial charge in [0.2, 0.25) is 5.95 Å². The number of halogens is 1. The van der Waals surface area contributed by atoms with Crippen molar-refractivity contribution in [2.45, 2.75) is 39.3 Å². The fourth-order valence-electron chi connectivity index (χ4n) is 4.73. The second kappa shape index (κ2) is 11.7. The van der Waals surface area contributed by atoms with E-state index in [4.69, 9.17) is 0 Å². The third-order valence-corrected chi connectivity index (χ3v) is 7.80. The quantitative estimate of drug-likeness (QED) is 0.161. The van der Waals surface area contributed by atoms with E-state index in [-0.39, 0.29) is 6.42 Å². The monoisotopic (exact) mass is 556 g/mol. The van der Waals surface area contributed by atoms with Crippen molar-refractivity contribution in [3.8, 4) is 10.4 Å². The van der Waals surface area contributed by atoms with Gasteiger partial charge in [-0.25, -0.2) is 14.2 Å². The zero-order valence-electron chi connectivity index (χ0n) is 22.1. The van der Waals surface area contributed by atoms with E-state index in [0.717, 1.165) is 38.5 Å². The van der Waals surface area contributed by atoms with Crippen molar-refractivity contribution in [1.29, 1.82) is 0 Å². The average molecular weight is 557 g/mol. The molecule has 0 saturated carbocycles. The second-order valence-electron chi connectivity index (χ2n) is 9.65. The van der Waals surface area contributed by atoms with Crippen LogP contribution in [-0.4, -0.2) is 33.0 Å². The van der Waals surface area contributed by atoms with Crippen LogP contribution in [0.1, 0.15) is 39.5 Å². The molecule has 0 radical (unpaired) electrons. The predicted octanol–water partition coefficient (Wildman–Crippen LogP) is 6.34. The van der Waals surface area contributed by atoms with Gasteiger partial charge in [-0.1, -0.05) is 43.3 Å². The number of H-pyrrole nitrogens is 1. The molecule has 4 N–H and O–H groups in total. The Morgan fingerprint density at radius 2 is 1.85 bits per heavy atom. The summed E-state index contributed by atoms with van der Waals surface area (Å²) in [5, 5.41) is 17.8. The molecule has 204 valence electrons. The lowest BCUT2D eigenvalue weighted by Gasteiger charge is -2.17. The summed E-state index contributed by atoms with van der Waals surface area (Å²) in [6.07, 6.45) is 0.584. The zero-order valence-corrected chi connectivity index (χ0v) is 22.9. The number of imidazole rings is 1. The molecule has 7 nitrogen and oxygen atoms in total. The van der Waals surface area contributed by atoms with E-state index in [1.165, 1.54) is 12.1 Å². The number of rotatable bonds is 10. The molecule has 0 spiro atoms. The van der Waals surface area contributed by atoms with Crippen LogP contribution in [0.4, 0.5) is 10.3 Å². The van der Waals surface area contributed by atoms with Gasteiger partial charge in [0.15, 0.2) is 0 Å². The number of anilines is 1. The van der Waals surface area contributed by atoms with Crippen molar-refractivity contribution < 1.29 is 19.1 Å². The number of benzene rings is 3. The number of aryl methyl sites for hydroxylation is 2. The number of thiophene rings is 1. The molecule has 0 aliphatic carbocycles. The van der Waals surface area contributed by atoms with Crippen LogP contribution in [0.25, 0.3) is 21.5 Å². The molecule has 0 saturated heterocycles. The molecule has 1 atom stereocenters. The van der Waals surface area contributed by atoms with E-state index in [1.54, 1.807) is 18.3 Å². The van der Waals surface area contributed by atoms with Crippen molar-refractivity contribution >= 4 is 40.2 Å².